The maximum atomic E-state index is 5.09. The molecular formula is C45H29N5. The summed E-state index contributed by atoms with van der Waals surface area (Å²) in [5.41, 5.74) is 10.1. The molecule has 9 aromatic rings. The van der Waals surface area contributed by atoms with E-state index in [2.05, 4.69) is 96.0 Å². The maximum Gasteiger partial charge on any atom is 0.164 e. The molecule has 0 spiro atoms. The molecule has 50 heavy (non-hydrogen) atoms. The Kier molecular flexibility index (Phi) is 7.41. The van der Waals surface area contributed by atoms with E-state index in [1.54, 1.807) is 0 Å². The van der Waals surface area contributed by atoms with Crippen molar-refractivity contribution in [2.75, 3.05) is 0 Å². The largest absolute Gasteiger partial charge is 0.264 e. The summed E-state index contributed by atoms with van der Waals surface area (Å²) in [6.07, 6.45) is 3.76. The molecule has 0 aliphatic carbocycles. The van der Waals surface area contributed by atoms with Gasteiger partial charge in [0.05, 0.1) is 11.2 Å². The predicted molar refractivity (Wildman–Crippen MR) is 203 cm³/mol. The zero-order chi connectivity index (χ0) is 33.3. The summed E-state index contributed by atoms with van der Waals surface area (Å²) < 4.78 is 0. The lowest BCUT2D eigenvalue weighted by molar-refractivity contribution is 1.07. The Hall–Kier alpha value is -6.85. The fourth-order valence-electron chi connectivity index (χ4n) is 6.50. The van der Waals surface area contributed by atoms with Crippen LogP contribution in [-0.2, 0) is 0 Å². The Morgan fingerprint density at radius 3 is 1.40 bits per heavy atom. The lowest BCUT2D eigenvalue weighted by Gasteiger charge is -2.13. The van der Waals surface area contributed by atoms with Crippen molar-refractivity contribution in [1.82, 2.24) is 24.9 Å². The van der Waals surface area contributed by atoms with Crippen molar-refractivity contribution in [3.8, 4) is 67.7 Å². The number of aromatic nitrogens is 5. The average Bonchev–Trinajstić information content (AvgIpc) is 3.21. The molecule has 3 heterocycles. The molecule has 0 bridgehead atoms. The Bertz CT molecular complexity index is 2560. The molecule has 6 aromatic carbocycles. The molecule has 5 nitrogen and oxygen atoms in total. The van der Waals surface area contributed by atoms with Crippen LogP contribution in [0.2, 0.25) is 0 Å². The highest BCUT2D eigenvalue weighted by atomic mass is 15.0. The fourth-order valence-corrected chi connectivity index (χ4v) is 6.50. The molecular weight excluding hydrogens is 611 g/mol. The van der Waals surface area contributed by atoms with Crippen molar-refractivity contribution in [2.24, 2.45) is 0 Å². The monoisotopic (exact) mass is 639 g/mol. The van der Waals surface area contributed by atoms with E-state index < -0.39 is 0 Å². The quantitative estimate of drug-likeness (QED) is 0.169. The van der Waals surface area contributed by atoms with Crippen LogP contribution in [0.15, 0.2) is 176 Å². The fraction of sp³-hybridized carbons (Fsp3) is 0. The minimum atomic E-state index is 0.618. The van der Waals surface area contributed by atoms with Crippen LogP contribution in [-0.4, -0.2) is 24.9 Å². The van der Waals surface area contributed by atoms with Gasteiger partial charge in [0, 0.05) is 45.4 Å². The molecule has 5 heteroatoms. The second-order valence-corrected chi connectivity index (χ2v) is 12.2. The first-order valence-corrected chi connectivity index (χ1v) is 16.6. The molecule has 0 N–H and O–H groups in total. The second kappa shape index (κ2) is 12.6. The standard InChI is InChI=1S/C45H29N5/c1-4-12-30(13-5-1)35-26-36(31-20-22-32(23-21-31)42-40-29-46-25-24-38(40)39-18-10-11-19-41(39)47-42)28-37(27-35)45-49-43(33-14-6-2-7-15-33)48-44(50-45)34-16-8-3-9-17-34/h1-29H. The van der Waals surface area contributed by atoms with Gasteiger partial charge in [0.25, 0.3) is 0 Å². The van der Waals surface area contributed by atoms with Gasteiger partial charge in [0.1, 0.15) is 0 Å². The molecule has 0 fully saturated rings. The number of benzene rings is 6. The van der Waals surface area contributed by atoms with Gasteiger partial charge in [-0.1, -0.05) is 133 Å². The van der Waals surface area contributed by atoms with Crippen LogP contribution in [0.4, 0.5) is 0 Å². The second-order valence-electron chi connectivity index (χ2n) is 12.2. The van der Waals surface area contributed by atoms with E-state index in [9.17, 15) is 0 Å². The number of hydrogen-bond donors (Lipinski definition) is 0. The number of fused-ring (bicyclic) bond motifs is 3. The third-order valence-corrected chi connectivity index (χ3v) is 8.99. The van der Waals surface area contributed by atoms with E-state index in [0.717, 1.165) is 71.9 Å². The smallest absolute Gasteiger partial charge is 0.164 e. The van der Waals surface area contributed by atoms with Gasteiger partial charge < -0.3 is 0 Å². The van der Waals surface area contributed by atoms with Crippen LogP contribution < -0.4 is 0 Å². The summed E-state index contributed by atoms with van der Waals surface area (Å²) in [6, 6.07) is 56.1. The van der Waals surface area contributed by atoms with Gasteiger partial charge >= 0.3 is 0 Å². The molecule has 0 aliphatic heterocycles. The topological polar surface area (TPSA) is 64.5 Å². The van der Waals surface area contributed by atoms with Gasteiger partial charge in [0.2, 0.25) is 0 Å². The Morgan fingerprint density at radius 1 is 0.300 bits per heavy atom. The van der Waals surface area contributed by atoms with Crippen molar-refractivity contribution in [3.05, 3.63) is 176 Å². The van der Waals surface area contributed by atoms with E-state index in [1.807, 2.05) is 85.2 Å². The molecule has 0 amide bonds. The molecule has 0 radical (unpaired) electrons. The molecule has 0 saturated carbocycles. The summed E-state index contributed by atoms with van der Waals surface area (Å²) in [5.74, 6) is 1.89. The van der Waals surface area contributed by atoms with Crippen LogP contribution in [0.25, 0.3) is 89.4 Å². The van der Waals surface area contributed by atoms with Crippen molar-refractivity contribution in [3.63, 3.8) is 0 Å². The minimum absolute atomic E-state index is 0.618. The SMILES string of the molecule is c1ccc(-c2cc(-c3ccc(-c4nc5ccccc5c5ccncc45)cc3)cc(-c3nc(-c4ccccc4)nc(-c4ccccc4)n3)c2)cc1. The first-order chi connectivity index (χ1) is 24.8. The van der Waals surface area contributed by atoms with Gasteiger partial charge in [-0.25, -0.2) is 19.9 Å². The average molecular weight is 640 g/mol. The normalized spacial score (nSPS) is 11.2. The van der Waals surface area contributed by atoms with E-state index in [0.29, 0.717) is 17.5 Å². The first kappa shape index (κ1) is 29.3. The first-order valence-electron chi connectivity index (χ1n) is 16.6. The number of hydrogen-bond acceptors (Lipinski definition) is 5. The predicted octanol–water partition coefficient (Wildman–Crippen LogP) is 11.0. The molecule has 0 saturated heterocycles. The number of pyridine rings is 2. The van der Waals surface area contributed by atoms with Crippen molar-refractivity contribution in [1.29, 1.82) is 0 Å². The highest BCUT2D eigenvalue weighted by molar-refractivity contribution is 6.10. The molecule has 234 valence electrons. The summed E-state index contributed by atoms with van der Waals surface area (Å²) >= 11 is 0. The van der Waals surface area contributed by atoms with E-state index in [-0.39, 0.29) is 0 Å². The third-order valence-electron chi connectivity index (χ3n) is 8.99. The van der Waals surface area contributed by atoms with Crippen molar-refractivity contribution < 1.29 is 0 Å². The molecule has 9 rings (SSSR count). The maximum absolute atomic E-state index is 5.09. The molecule has 0 unspecified atom stereocenters. The van der Waals surface area contributed by atoms with Gasteiger partial charge in [-0.2, -0.15) is 0 Å². The number of rotatable bonds is 6. The zero-order valence-electron chi connectivity index (χ0n) is 27.0. The zero-order valence-corrected chi connectivity index (χ0v) is 27.0. The summed E-state index contributed by atoms with van der Waals surface area (Å²) in [6.45, 7) is 0. The van der Waals surface area contributed by atoms with E-state index >= 15 is 0 Å². The Balaban J connectivity index is 1.19. The Labute approximate surface area is 289 Å². The van der Waals surface area contributed by atoms with E-state index in [4.69, 9.17) is 19.9 Å². The van der Waals surface area contributed by atoms with Crippen LogP contribution in [0.1, 0.15) is 0 Å². The molecule has 3 aromatic heterocycles. The van der Waals surface area contributed by atoms with Crippen molar-refractivity contribution >= 4 is 21.7 Å². The number of para-hydroxylation sites is 1. The van der Waals surface area contributed by atoms with Gasteiger partial charge in [-0.3, -0.25) is 4.98 Å². The number of nitrogens with zero attached hydrogens (tertiary/aromatic N) is 5. The van der Waals surface area contributed by atoms with Crippen LogP contribution >= 0.6 is 0 Å². The third kappa shape index (κ3) is 5.57. The van der Waals surface area contributed by atoms with Crippen molar-refractivity contribution in [2.45, 2.75) is 0 Å². The highest BCUT2D eigenvalue weighted by Gasteiger charge is 2.16. The minimum Gasteiger partial charge on any atom is -0.264 e. The lowest BCUT2D eigenvalue weighted by Crippen LogP contribution is -2.00. The molecule has 0 aliphatic rings. The van der Waals surface area contributed by atoms with Gasteiger partial charge in [-0.05, 0) is 58.0 Å². The van der Waals surface area contributed by atoms with Crippen LogP contribution in [0, 0.1) is 0 Å². The Morgan fingerprint density at radius 2 is 0.780 bits per heavy atom. The summed E-state index contributed by atoms with van der Waals surface area (Å²) in [5, 5.41) is 3.30. The van der Waals surface area contributed by atoms with Gasteiger partial charge in [0.15, 0.2) is 17.5 Å². The molecule has 0 atom stereocenters. The lowest BCUT2D eigenvalue weighted by atomic mass is 9.94. The van der Waals surface area contributed by atoms with E-state index in [1.165, 1.54) is 0 Å². The van der Waals surface area contributed by atoms with Crippen LogP contribution in [0.5, 0.6) is 0 Å². The van der Waals surface area contributed by atoms with Crippen LogP contribution in [0.3, 0.4) is 0 Å². The summed E-state index contributed by atoms with van der Waals surface area (Å²) in [4.78, 5) is 24.5. The summed E-state index contributed by atoms with van der Waals surface area (Å²) in [7, 11) is 0. The highest BCUT2D eigenvalue weighted by Crippen LogP contribution is 2.36. The van der Waals surface area contributed by atoms with Gasteiger partial charge in [-0.15, -0.1) is 0 Å².